The number of piperidine rings is 1. The van der Waals surface area contributed by atoms with E-state index in [-0.39, 0.29) is 5.25 Å². The molecular formula is C22H25ClN2O2S2. The molecule has 2 aromatic rings. The van der Waals surface area contributed by atoms with Gasteiger partial charge in [0.15, 0.2) is 15.0 Å². The first-order valence-corrected chi connectivity index (χ1v) is 12.7. The first-order chi connectivity index (χ1) is 13.8. The molecule has 1 aromatic carbocycles. The van der Waals surface area contributed by atoms with Crippen LogP contribution in [-0.2, 0) is 9.84 Å². The molecule has 0 amide bonds. The lowest BCUT2D eigenvalue weighted by molar-refractivity contribution is 0.518. The van der Waals surface area contributed by atoms with Crippen LogP contribution < -0.4 is 4.90 Å². The zero-order valence-corrected chi connectivity index (χ0v) is 19.0. The number of aromatic nitrogens is 1. The van der Waals surface area contributed by atoms with Crippen molar-refractivity contribution in [3.8, 4) is 11.3 Å². The Labute approximate surface area is 181 Å². The number of anilines is 1. The number of hydrogen-bond donors (Lipinski definition) is 0. The second-order valence-electron chi connectivity index (χ2n) is 7.97. The predicted molar refractivity (Wildman–Crippen MR) is 123 cm³/mol. The largest absolute Gasteiger partial charge is 0.348 e. The summed E-state index contributed by atoms with van der Waals surface area (Å²) in [5.74, 6) is 0. The lowest BCUT2D eigenvalue weighted by atomic mass is 10.0. The zero-order valence-electron chi connectivity index (χ0n) is 16.6. The van der Waals surface area contributed by atoms with Crippen LogP contribution in [0.2, 0.25) is 0 Å². The van der Waals surface area contributed by atoms with Crippen molar-refractivity contribution in [2.75, 3.05) is 18.0 Å². The maximum absolute atomic E-state index is 13.2. The molecule has 0 bridgehead atoms. The van der Waals surface area contributed by atoms with Crippen LogP contribution in [0.25, 0.3) is 11.3 Å². The number of alkyl halides is 1. The lowest BCUT2D eigenvalue weighted by Crippen LogP contribution is -2.47. The second-order valence-corrected chi connectivity index (χ2v) is 12.0. The molecule has 1 saturated heterocycles. The zero-order chi connectivity index (χ0) is 20.6. The fraction of sp³-hybridized carbons (Fsp3) is 0.409. The van der Waals surface area contributed by atoms with Crippen molar-refractivity contribution in [1.29, 1.82) is 0 Å². The molecule has 0 radical (unpaired) electrons. The molecule has 1 aromatic heterocycles. The smallest absolute Gasteiger partial charge is 0.185 e. The van der Waals surface area contributed by atoms with Crippen molar-refractivity contribution in [1.82, 2.24) is 4.98 Å². The van der Waals surface area contributed by atoms with Crippen molar-refractivity contribution in [2.45, 2.75) is 42.1 Å². The van der Waals surface area contributed by atoms with Gasteiger partial charge in [-0.3, -0.25) is 0 Å². The quantitative estimate of drug-likeness (QED) is 0.618. The molecule has 4 rings (SSSR count). The summed E-state index contributed by atoms with van der Waals surface area (Å²) in [7, 11) is -3.35. The third-order valence-electron chi connectivity index (χ3n) is 5.75. The molecule has 1 aliphatic carbocycles. The van der Waals surface area contributed by atoms with Gasteiger partial charge in [-0.25, -0.2) is 13.4 Å². The van der Waals surface area contributed by atoms with Crippen molar-refractivity contribution >= 4 is 37.9 Å². The summed E-state index contributed by atoms with van der Waals surface area (Å²) in [4.78, 5) is 6.10. The molecule has 2 heterocycles. The van der Waals surface area contributed by atoms with Gasteiger partial charge in [-0.05, 0) is 26.7 Å². The van der Waals surface area contributed by atoms with Gasteiger partial charge in [0, 0.05) is 24.0 Å². The molecule has 2 atom stereocenters. The minimum atomic E-state index is -3.35. The van der Waals surface area contributed by atoms with Crippen LogP contribution in [-0.4, -0.2) is 41.9 Å². The van der Waals surface area contributed by atoms with Crippen LogP contribution in [0.15, 0.2) is 53.9 Å². The summed E-state index contributed by atoms with van der Waals surface area (Å²) < 4.78 is 26.4. The van der Waals surface area contributed by atoms with E-state index in [2.05, 4.69) is 41.5 Å². The fourth-order valence-corrected chi connectivity index (χ4v) is 7.69. The van der Waals surface area contributed by atoms with E-state index in [1.54, 1.807) is 36.5 Å². The standard InChI is InChI=1S/C22H25ClN2O2S2/c1-16-6-8-17(9-7-16)19-15-28-21(24-19)25-13-10-18(11-14-25)29(26,27)20-5-3-4-12-22(20,2)23/h3-9,12,15,18,20H,10-11,13-14H2,1-2H3. The van der Waals surface area contributed by atoms with Gasteiger partial charge in [0.2, 0.25) is 0 Å². The Morgan fingerprint density at radius 3 is 2.52 bits per heavy atom. The van der Waals surface area contributed by atoms with Crippen LogP contribution in [0.5, 0.6) is 0 Å². The van der Waals surface area contributed by atoms with E-state index < -0.39 is 20.0 Å². The van der Waals surface area contributed by atoms with Crippen molar-refractivity contribution < 1.29 is 8.42 Å². The van der Waals surface area contributed by atoms with E-state index in [4.69, 9.17) is 16.6 Å². The maximum Gasteiger partial charge on any atom is 0.185 e. The van der Waals surface area contributed by atoms with Crippen LogP contribution in [0.1, 0.15) is 25.3 Å². The molecule has 29 heavy (non-hydrogen) atoms. The lowest BCUT2D eigenvalue weighted by Gasteiger charge is -2.36. The van der Waals surface area contributed by atoms with E-state index in [1.807, 2.05) is 6.08 Å². The van der Waals surface area contributed by atoms with E-state index in [1.165, 1.54) is 5.56 Å². The fourth-order valence-electron chi connectivity index (χ4n) is 3.97. The highest BCUT2D eigenvalue weighted by molar-refractivity contribution is 7.93. The summed E-state index contributed by atoms with van der Waals surface area (Å²) in [6, 6.07) is 8.35. The van der Waals surface area contributed by atoms with E-state index in [0.717, 1.165) is 16.4 Å². The van der Waals surface area contributed by atoms with Crippen molar-refractivity contribution in [3.63, 3.8) is 0 Å². The molecule has 2 unspecified atom stereocenters. The SMILES string of the molecule is Cc1ccc(-c2csc(N3CCC(S(=O)(=O)C4C=CC=CC4(C)Cl)CC3)n2)cc1. The number of allylic oxidation sites excluding steroid dienone is 3. The first kappa shape index (κ1) is 20.6. The van der Waals surface area contributed by atoms with Crippen LogP contribution in [0.3, 0.4) is 0 Å². The van der Waals surface area contributed by atoms with Gasteiger partial charge in [-0.15, -0.1) is 22.9 Å². The first-order valence-electron chi connectivity index (χ1n) is 9.82. The van der Waals surface area contributed by atoms with E-state index >= 15 is 0 Å². The minimum absolute atomic E-state index is 0.366. The predicted octanol–water partition coefficient (Wildman–Crippen LogP) is 4.99. The Morgan fingerprint density at radius 1 is 1.17 bits per heavy atom. The number of benzene rings is 1. The monoisotopic (exact) mass is 448 g/mol. The number of aryl methyl sites for hydroxylation is 1. The number of thiazole rings is 1. The van der Waals surface area contributed by atoms with Gasteiger partial charge >= 0.3 is 0 Å². The molecule has 0 N–H and O–H groups in total. The average molecular weight is 449 g/mol. The normalized spacial score (nSPS) is 25.5. The Hall–Kier alpha value is -1.63. The molecule has 2 aliphatic rings. The van der Waals surface area contributed by atoms with Gasteiger partial charge in [-0.1, -0.05) is 54.1 Å². The molecule has 154 valence electrons. The molecule has 1 aliphatic heterocycles. The number of sulfone groups is 1. The number of rotatable bonds is 4. The molecule has 0 saturated carbocycles. The summed E-state index contributed by atoms with van der Waals surface area (Å²) in [6.07, 6.45) is 8.29. The highest BCUT2D eigenvalue weighted by Crippen LogP contribution is 2.36. The van der Waals surface area contributed by atoms with Gasteiger partial charge in [0.05, 0.1) is 15.8 Å². The van der Waals surface area contributed by atoms with Crippen LogP contribution in [0.4, 0.5) is 5.13 Å². The van der Waals surface area contributed by atoms with E-state index in [9.17, 15) is 8.42 Å². The Kier molecular flexibility index (Phi) is 5.62. The second kappa shape index (κ2) is 7.89. The molecule has 0 spiro atoms. The Morgan fingerprint density at radius 2 is 1.86 bits per heavy atom. The number of hydrogen-bond acceptors (Lipinski definition) is 5. The number of nitrogens with zero attached hydrogens (tertiary/aromatic N) is 2. The third kappa shape index (κ3) is 4.16. The minimum Gasteiger partial charge on any atom is -0.348 e. The highest BCUT2D eigenvalue weighted by atomic mass is 35.5. The third-order valence-corrected chi connectivity index (χ3v) is 9.89. The highest BCUT2D eigenvalue weighted by Gasteiger charge is 2.44. The average Bonchev–Trinajstić information content (AvgIpc) is 3.18. The van der Waals surface area contributed by atoms with E-state index in [0.29, 0.717) is 25.9 Å². The van der Waals surface area contributed by atoms with Gasteiger partial charge in [0.1, 0.15) is 5.25 Å². The summed E-state index contributed by atoms with van der Waals surface area (Å²) in [6.45, 7) is 5.22. The molecular weight excluding hydrogens is 424 g/mol. The summed E-state index contributed by atoms with van der Waals surface area (Å²) >= 11 is 8.12. The van der Waals surface area contributed by atoms with Gasteiger partial charge in [0.25, 0.3) is 0 Å². The summed E-state index contributed by atoms with van der Waals surface area (Å²) in [5, 5.41) is 1.99. The topological polar surface area (TPSA) is 50.3 Å². The van der Waals surface area contributed by atoms with Gasteiger partial charge in [-0.2, -0.15) is 0 Å². The number of halogens is 1. The molecule has 4 nitrogen and oxygen atoms in total. The van der Waals surface area contributed by atoms with Crippen LogP contribution in [0, 0.1) is 6.92 Å². The molecule has 7 heteroatoms. The Balaban J connectivity index is 1.44. The van der Waals surface area contributed by atoms with Crippen LogP contribution >= 0.6 is 22.9 Å². The molecule has 1 fully saturated rings. The van der Waals surface area contributed by atoms with Crippen molar-refractivity contribution in [2.24, 2.45) is 0 Å². The summed E-state index contributed by atoms with van der Waals surface area (Å²) in [5.41, 5.74) is 3.30. The Bertz CT molecular complexity index is 1030. The van der Waals surface area contributed by atoms with Crippen molar-refractivity contribution in [3.05, 3.63) is 59.5 Å². The maximum atomic E-state index is 13.2. The van der Waals surface area contributed by atoms with Gasteiger partial charge < -0.3 is 4.90 Å².